The standard InChI is InChI=1S/C88H39N17/c1-50-17-23-76(104-78-25-19-56(83-60(45-91)30-51(43-89)32-73(83)98-4)38-70(78)71-39-57(20-26-79(71)104)84-61(46-92)31-52(44-90)33-74(84)99-5)67(29-50)72-41-59(88-102-86(53-13-9-7-10-14-53)101-87(103-88)54-15-11-8-12-16-54)22-28-81(72)105-77-24-18-55(82-62(47-93)34-65(96-2)35-63(82)48-94)37-68(77)69-40-58(21-27-80(69)105)85-64(49-95)36-66(97-3)42-75(85)100-6/h7-42H,1H3. The van der Waals surface area contributed by atoms with Gasteiger partial charge in [-0.05, 0) is 151 Å². The highest BCUT2D eigenvalue weighted by atomic mass is 15.0. The van der Waals surface area contributed by atoms with Crippen LogP contribution in [0.2, 0.25) is 0 Å². The molecule has 0 fully saturated rings. The summed E-state index contributed by atoms with van der Waals surface area (Å²) in [6.45, 7) is 42.6. The molecule has 0 radical (unpaired) electrons. The third-order valence-electron chi connectivity index (χ3n) is 18.5. The number of hydrogen-bond acceptors (Lipinski definition) is 10. The third kappa shape index (κ3) is 10.9. The number of benzene rings is 12. The molecule has 0 aliphatic rings. The van der Waals surface area contributed by atoms with Crippen molar-refractivity contribution in [2.75, 3.05) is 0 Å². The van der Waals surface area contributed by atoms with Crippen molar-refractivity contribution >= 4 is 72.0 Å². The van der Waals surface area contributed by atoms with Crippen LogP contribution < -0.4 is 0 Å². The van der Waals surface area contributed by atoms with Crippen LogP contribution in [0.1, 0.15) is 44.5 Å². The van der Waals surface area contributed by atoms with Gasteiger partial charge in [-0.25, -0.2) is 39.2 Å². The Bertz CT molecular complexity index is 6450. The van der Waals surface area contributed by atoms with Crippen LogP contribution in [-0.2, 0) is 0 Å². The number of hydrogen-bond donors (Lipinski definition) is 0. The summed E-state index contributed by atoms with van der Waals surface area (Å²) in [5, 5.41) is 76.0. The van der Waals surface area contributed by atoms with Crippen LogP contribution in [-0.4, -0.2) is 24.1 Å². The van der Waals surface area contributed by atoms with E-state index in [0.29, 0.717) is 134 Å². The number of nitrogens with zero attached hydrogens (tertiary/aromatic N) is 17. The molecule has 0 N–H and O–H groups in total. The summed E-state index contributed by atoms with van der Waals surface area (Å²) in [5.74, 6) is 1.18. The maximum absolute atomic E-state index is 10.7. The Balaban J connectivity index is 1.07. The minimum absolute atomic E-state index is 0.0902. The summed E-state index contributed by atoms with van der Waals surface area (Å²) in [4.78, 5) is 34.1. The van der Waals surface area contributed by atoms with Crippen molar-refractivity contribution in [2.45, 2.75) is 6.92 Å². The molecule has 15 aromatic rings. The van der Waals surface area contributed by atoms with Gasteiger partial charge in [0.25, 0.3) is 0 Å². The summed E-state index contributed by atoms with van der Waals surface area (Å²) < 4.78 is 4.21. The van der Waals surface area contributed by atoms with Crippen molar-refractivity contribution in [3.8, 4) is 144 Å². The van der Waals surface area contributed by atoms with E-state index in [2.05, 4.69) is 81.9 Å². The van der Waals surface area contributed by atoms with Crippen LogP contribution in [0, 0.1) is 119 Å². The SMILES string of the molecule is [C-]#[N+]c1cc(C#N)c(-c2ccc3c(c2)c2cc(-c4c(C#N)cc([N+]#[C-])cc4[N+]#[C-])ccc2n3-c2ccc(-c3nc(-c4ccccc4)nc(-c4ccccc4)n3)cc2-c2cc(C)ccc2-n2c3ccc(-c4c(C#N)cc(C#N)cc4[N+]#[C-])cc3c3cc(-c4c(C#N)cc(C#N)cc4[N+]#[C-])ccc32)c(C#N)c1. The zero-order valence-electron chi connectivity index (χ0n) is 54.9. The quantitative estimate of drug-likeness (QED) is 0.117. The maximum atomic E-state index is 10.7. The number of rotatable bonds is 10. The van der Waals surface area contributed by atoms with Gasteiger partial charge in [0.1, 0.15) is 0 Å². The van der Waals surface area contributed by atoms with E-state index < -0.39 is 0 Å². The lowest BCUT2D eigenvalue weighted by atomic mass is 9.93. The Morgan fingerprint density at radius 1 is 0.295 bits per heavy atom. The second kappa shape index (κ2) is 26.2. The van der Waals surface area contributed by atoms with E-state index in [9.17, 15) is 36.8 Å². The first kappa shape index (κ1) is 64.1. The molecule has 17 heteroatoms. The van der Waals surface area contributed by atoms with Crippen LogP contribution in [0.4, 0.5) is 28.4 Å². The fourth-order valence-electron chi connectivity index (χ4n) is 13.9. The molecule has 0 saturated carbocycles. The first-order valence-electron chi connectivity index (χ1n) is 32.1. The van der Waals surface area contributed by atoms with Crippen molar-refractivity contribution in [2.24, 2.45) is 0 Å². The molecule has 0 bridgehead atoms. The summed E-state index contributed by atoms with van der Waals surface area (Å²) in [6.07, 6.45) is 0. The molecule has 0 amide bonds. The molecule has 0 saturated heterocycles. The van der Waals surface area contributed by atoms with E-state index in [0.717, 1.165) is 16.7 Å². The number of aromatic nitrogens is 5. The van der Waals surface area contributed by atoms with E-state index in [4.69, 9.17) is 47.8 Å². The van der Waals surface area contributed by atoms with E-state index in [-0.39, 0.29) is 67.4 Å². The Kier molecular flexibility index (Phi) is 16.0. The van der Waals surface area contributed by atoms with Gasteiger partial charge < -0.3 is 9.13 Å². The molecule has 15 rings (SSSR count). The molecule has 476 valence electrons. The first-order chi connectivity index (χ1) is 51.4. The van der Waals surface area contributed by atoms with E-state index in [1.165, 1.54) is 48.5 Å². The third-order valence-corrected chi connectivity index (χ3v) is 18.5. The fourth-order valence-corrected chi connectivity index (χ4v) is 13.9. The lowest BCUT2D eigenvalue weighted by Crippen LogP contribution is -2.04. The van der Waals surface area contributed by atoms with E-state index in [1.807, 2.05) is 171 Å². The zero-order chi connectivity index (χ0) is 72.7. The van der Waals surface area contributed by atoms with Crippen LogP contribution >= 0.6 is 0 Å². The van der Waals surface area contributed by atoms with Crippen molar-refractivity contribution < 1.29 is 0 Å². The van der Waals surface area contributed by atoms with E-state index in [1.54, 1.807) is 0 Å². The molecular formula is C88H39N17. The van der Waals surface area contributed by atoms with Crippen LogP contribution in [0.5, 0.6) is 0 Å². The Hall–Kier alpha value is -16.9. The molecule has 17 nitrogen and oxygen atoms in total. The minimum Gasteiger partial charge on any atom is -0.309 e. The second-order valence-electron chi connectivity index (χ2n) is 24.4. The Labute approximate surface area is 600 Å². The predicted molar refractivity (Wildman–Crippen MR) is 401 cm³/mol. The average molecular weight is 1330 g/mol. The molecule has 105 heavy (non-hydrogen) atoms. The van der Waals surface area contributed by atoms with Gasteiger partial charge in [-0.3, -0.25) is 0 Å². The zero-order valence-corrected chi connectivity index (χ0v) is 54.9. The molecule has 12 aromatic carbocycles. The van der Waals surface area contributed by atoms with Crippen LogP contribution in [0.25, 0.3) is 169 Å². The molecule has 0 unspecified atom stereocenters. The first-order valence-corrected chi connectivity index (χ1v) is 32.1. The molecule has 0 aliphatic heterocycles. The average Bonchev–Trinajstić information content (AvgIpc) is 1.58. The fraction of sp³-hybridized carbons (Fsp3) is 0.0114. The summed E-state index contributed by atoms with van der Waals surface area (Å²) in [7, 11) is 0. The van der Waals surface area contributed by atoms with Gasteiger partial charge in [0, 0.05) is 88.3 Å². The lowest BCUT2D eigenvalue weighted by molar-refractivity contribution is 1.07. The predicted octanol–water partition coefficient (Wildman–Crippen LogP) is 21.6. The van der Waals surface area contributed by atoms with E-state index >= 15 is 0 Å². The van der Waals surface area contributed by atoms with Crippen molar-refractivity contribution in [3.05, 3.63) is 320 Å². The van der Waals surface area contributed by atoms with Gasteiger partial charge in [0.05, 0.1) is 131 Å². The largest absolute Gasteiger partial charge is 0.309 e. The normalized spacial score (nSPS) is 10.6. The highest BCUT2D eigenvalue weighted by Crippen LogP contribution is 2.49. The monoisotopic (exact) mass is 1330 g/mol. The molecule has 0 aliphatic carbocycles. The van der Waals surface area contributed by atoms with Gasteiger partial charge in [-0.1, -0.05) is 103 Å². The van der Waals surface area contributed by atoms with Crippen molar-refractivity contribution in [3.63, 3.8) is 0 Å². The highest BCUT2D eigenvalue weighted by molar-refractivity contribution is 6.15. The topological polar surface area (TPSA) is 237 Å². The van der Waals surface area contributed by atoms with Gasteiger partial charge in [0.15, 0.2) is 45.9 Å². The van der Waals surface area contributed by atoms with Gasteiger partial charge in [-0.15, -0.1) is 0 Å². The number of aryl methyl sites for hydroxylation is 1. The molecule has 0 atom stereocenters. The number of fused-ring (bicyclic) bond motifs is 6. The summed E-state index contributed by atoms with van der Waals surface area (Å²) in [5.41, 5.74) is 12.8. The van der Waals surface area contributed by atoms with Gasteiger partial charge in [-0.2, -0.15) is 36.8 Å². The summed E-state index contributed by atoms with van der Waals surface area (Å²) in [6, 6.07) is 80.7. The van der Waals surface area contributed by atoms with Crippen LogP contribution in [0.15, 0.2) is 218 Å². The second-order valence-corrected chi connectivity index (χ2v) is 24.4. The van der Waals surface area contributed by atoms with Gasteiger partial charge in [0.2, 0.25) is 0 Å². The number of nitriles is 7. The Morgan fingerprint density at radius 2 is 0.629 bits per heavy atom. The smallest absolute Gasteiger partial charge is 0.197 e. The minimum atomic E-state index is 0.0902. The Morgan fingerprint density at radius 3 is 1.01 bits per heavy atom. The highest BCUT2D eigenvalue weighted by Gasteiger charge is 2.27. The van der Waals surface area contributed by atoms with Crippen molar-refractivity contribution in [1.82, 2.24) is 24.1 Å². The molecule has 3 heterocycles. The van der Waals surface area contributed by atoms with Crippen LogP contribution in [0.3, 0.4) is 0 Å². The molecule has 0 spiro atoms. The summed E-state index contributed by atoms with van der Waals surface area (Å²) >= 11 is 0. The maximum Gasteiger partial charge on any atom is 0.197 e. The lowest BCUT2D eigenvalue weighted by Gasteiger charge is -2.20. The van der Waals surface area contributed by atoms with Gasteiger partial charge >= 0.3 is 0 Å². The van der Waals surface area contributed by atoms with Crippen molar-refractivity contribution in [1.29, 1.82) is 36.8 Å². The molecular weight excluding hydrogens is 1300 g/mol. The molecule has 3 aromatic heterocycles.